The Labute approximate surface area is 162 Å². The van der Waals surface area contributed by atoms with E-state index in [2.05, 4.69) is 9.18 Å². The fourth-order valence-electron chi connectivity index (χ4n) is 1.18. The van der Waals surface area contributed by atoms with Gasteiger partial charge in [-0.1, -0.05) is 18.2 Å². The molecule has 146 valence electrons. The van der Waals surface area contributed by atoms with E-state index in [1.54, 1.807) is 0 Å². The van der Waals surface area contributed by atoms with Crippen molar-refractivity contribution in [1.29, 1.82) is 0 Å². The normalized spacial score (nSPS) is 11.6. The summed E-state index contributed by atoms with van der Waals surface area (Å²) in [5, 5.41) is 0.962. The predicted molar refractivity (Wildman–Crippen MR) is 80.6 cm³/mol. The Morgan fingerprint density at radius 3 is 2.04 bits per heavy atom. The van der Waals surface area contributed by atoms with Crippen LogP contribution in [0.15, 0.2) is 53.1 Å². The number of carbonyl (C=O) groups excluding carboxylic acids is 1. The van der Waals surface area contributed by atoms with E-state index in [4.69, 9.17) is 17.4 Å². The monoisotopic (exact) mass is 536 g/mol. The van der Waals surface area contributed by atoms with Gasteiger partial charge in [0.25, 0.3) is 9.84 Å². The summed E-state index contributed by atoms with van der Waals surface area (Å²) in [4.78, 5) is 11.6. The molecule has 0 radical (unpaired) electrons. The first kappa shape index (κ1) is 23.1. The maximum atomic E-state index is 11.7. The second-order valence-corrected chi connectivity index (χ2v) is 9.53. The van der Waals surface area contributed by atoms with Gasteiger partial charge in [0.2, 0.25) is 7.50 Å². The van der Waals surface area contributed by atoms with Gasteiger partial charge in [0.05, 0.1) is 11.5 Å². The van der Waals surface area contributed by atoms with Crippen LogP contribution in [0.3, 0.4) is 0 Å². The highest BCUT2D eigenvalue weighted by molar-refractivity contribution is 8.10. The Kier molecular flexibility index (Phi) is 8.02. The summed E-state index contributed by atoms with van der Waals surface area (Å²) in [7, 11) is -10.2. The highest BCUT2D eigenvalue weighted by Gasteiger charge is 2.36. The van der Waals surface area contributed by atoms with Crippen LogP contribution >= 0.6 is 0 Å². The van der Waals surface area contributed by atoms with Crippen molar-refractivity contribution in [3.05, 3.63) is 58.1 Å². The zero-order valence-corrected chi connectivity index (χ0v) is 16.6. The molecule has 2 aromatic rings. The van der Waals surface area contributed by atoms with Gasteiger partial charge in [0.15, 0.2) is 15.9 Å². The Hall–Kier alpha value is -1.89. The van der Waals surface area contributed by atoms with Crippen molar-refractivity contribution in [3.8, 4) is 9.18 Å². The Balaban J connectivity index is 0.000000387. The molecule has 1 aromatic carbocycles. The van der Waals surface area contributed by atoms with Gasteiger partial charge in [-0.25, -0.2) is 16.8 Å². The van der Waals surface area contributed by atoms with Crippen LogP contribution in [0.2, 0.25) is 0 Å². The summed E-state index contributed by atoms with van der Waals surface area (Å²) in [6.45, 7) is 0. The molecule has 1 heterocycles. The third-order valence-corrected chi connectivity index (χ3v) is 6.19. The minimum Gasteiger partial charge on any atom is -0.741 e. The van der Waals surface area contributed by atoms with Crippen LogP contribution in [0.5, 0.6) is 0 Å². The lowest BCUT2D eigenvalue weighted by Crippen LogP contribution is -3.59. The van der Waals surface area contributed by atoms with E-state index in [-0.39, 0.29) is 5.76 Å². The molecule has 0 saturated heterocycles. The number of carbonyl (C=O) groups is 1. The fraction of sp³-hybridized carbons (Fsp3) is 0.0714. The number of furan rings is 1. The molecule has 2 rings (SSSR count). The number of hydrogen-bond donors (Lipinski definition) is 0. The van der Waals surface area contributed by atoms with Crippen molar-refractivity contribution in [2.75, 3.05) is 0 Å². The predicted octanol–water partition coefficient (Wildman–Crippen LogP) is -1.24. The zero-order valence-electron chi connectivity index (χ0n) is 12.8. The number of halogens is 4. The van der Waals surface area contributed by atoms with E-state index < -0.39 is 51.8 Å². The topological polar surface area (TPSA) is 122 Å². The largest absolute Gasteiger partial charge is 0.741 e. The van der Waals surface area contributed by atoms with Gasteiger partial charge in [-0.3, -0.25) is 4.79 Å². The highest BCUT2D eigenvalue weighted by atomic mass is 127. The molecule has 0 bridgehead atoms. The maximum absolute atomic E-state index is 11.7. The van der Waals surface area contributed by atoms with E-state index in [9.17, 15) is 26.4 Å². The standard InChI is InChI=1S/C13H8IO4S.CHF3O3S/c15-13(12-7-4-9-18-12)19(16,17)10-8-14-11-5-2-1-3-6-11;2-1(3,4)8(5,6)7/h1-7,9H;(H,5,6,7)/q+1;/p-1. The average molecular weight is 536 g/mol. The van der Waals surface area contributed by atoms with Crippen molar-refractivity contribution < 1.29 is 65.0 Å². The maximum Gasteiger partial charge on any atom is 0.485 e. The molecule has 0 N–H and O–H groups in total. The van der Waals surface area contributed by atoms with Crippen LogP contribution in [-0.2, 0) is 20.0 Å². The first-order valence-electron chi connectivity index (χ1n) is 6.40. The van der Waals surface area contributed by atoms with E-state index >= 15 is 0 Å². The Morgan fingerprint density at radius 1 is 1.04 bits per heavy atom. The van der Waals surface area contributed by atoms with Crippen molar-refractivity contribution in [2.45, 2.75) is 5.51 Å². The van der Waals surface area contributed by atoms with Gasteiger partial charge in [0.1, 0.15) is 0 Å². The van der Waals surface area contributed by atoms with Gasteiger partial charge in [-0.15, -0.1) is 0 Å². The Morgan fingerprint density at radius 2 is 1.59 bits per heavy atom. The van der Waals surface area contributed by atoms with Crippen LogP contribution < -0.4 is 21.2 Å². The number of benzene rings is 1. The third-order valence-electron chi connectivity index (χ3n) is 2.31. The third kappa shape index (κ3) is 7.71. The van der Waals surface area contributed by atoms with Crippen LogP contribution in [0.4, 0.5) is 13.2 Å². The van der Waals surface area contributed by atoms with Crippen molar-refractivity contribution in [2.24, 2.45) is 0 Å². The number of rotatable bonds is 2. The fourth-order valence-corrected chi connectivity index (χ4v) is 4.08. The lowest BCUT2D eigenvalue weighted by atomic mass is 10.4. The van der Waals surface area contributed by atoms with Crippen molar-refractivity contribution in [3.63, 3.8) is 0 Å². The van der Waals surface area contributed by atoms with E-state index in [1.807, 2.05) is 30.3 Å². The minimum atomic E-state index is -6.09. The summed E-state index contributed by atoms with van der Waals surface area (Å²) in [5.74, 6) is -0.216. The number of sulfone groups is 1. The first-order chi connectivity index (χ1) is 12.3. The van der Waals surface area contributed by atoms with Gasteiger partial charge in [-0.2, -0.15) is 13.2 Å². The SMILES string of the molecule is O=C(c1ccco1)S(=O)(=O)C#C[I+]c1ccccc1.O=S(=O)([O-])C(F)(F)F. The zero-order chi connectivity index (χ0) is 20.7. The Bertz CT molecular complexity index is 1030. The molecule has 0 aliphatic carbocycles. The first-order valence-corrected chi connectivity index (χ1v) is 11.4. The van der Waals surface area contributed by atoms with Crippen molar-refractivity contribution in [1.82, 2.24) is 0 Å². The molecule has 0 spiro atoms. The summed E-state index contributed by atoms with van der Waals surface area (Å²) in [5.41, 5.74) is -5.65. The van der Waals surface area contributed by atoms with E-state index in [0.29, 0.717) is 0 Å². The van der Waals surface area contributed by atoms with Crippen LogP contribution in [-0.4, -0.2) is 32.0 Å². The van der Waals surface area contributed by atoms with E-state index in [0.717, 1.165) is 3.57 Å². The van der Waals surface area contributed by atoms with Crippen LogP contribution in [0.1, 0.15) is 10.6 Å². The lowest BCUT2D eigenvalue weighted by Gasteiger charge is -2.08. The number of alkyl halides is 3. The molecule has 0 amide bonds. The lowest BCUT2D eigenvalue weighted by molar-refractivity contribution is -0.535. The van der Waals surface area contributed by atoms with Gasteiger partial charge >= 0.3 is 31.8 Å². The average Bonchev–Trinajstić information content (AvgIpc) is 3.08. The second-order valence-electron chi connectivity index (χ2n) is 4.25. The van der Waals surface area contributed by atoms with E-state index in [1.165, 1.54) is 18.4 Å². The molecule has 0 aliphatic heterocycles. The molecule has 0 aliphatic rings. The van der Waals surface area contributed by atoms with Gasteiger partial charge < -0.3 is 8.97 Å². The summed E-state index contributed by atoms with van der Waals surface area (Å²) >= 11 is -0.746. The van der Waals surface area contributed by atoms with Crippen LogP contribution in [0.25, 0.3) is 0 Å². The molecule has 0 fully saturated rings. The number of hydrogen-bond acceptors (Lipinski definition) is 7. The minimum absolute atomic E-state index is 0.216. The van der Waals surface area contributed by atoms with Crippen LogP contribution in [0, 0.1) is 12.7 Å². The van der Waals surface area contributed by atoms with Gasteiger partial charge in [0, 0.05) is 0 Å². The molecule has 7 nitrogen and oxygen atoms in total. The second kappa shape index (κ2) is 9.35. The molecule has 0 unspecified atom stereocenters. The molecular weight excluding hydrogens is 528 g/mol. The molecular formula is C14H8F3IO7S2. The summed E-state index contributed by atoms with van der Waals surface area (Å²) in [6, 6.07) is 12.1. The molecule has 27 heavy (non-hydrogen) atoms. The molecule has 1 aromatic heterocycles. The summed E-state index contributed by atoms with van der Waals surface area (Å²) in [6.07, 6.45) is 1.24. The summed E-state index contributed by atoms with van der Waals surface area (Å²) < 4.78 is 90.6. The van der Waals surface area contributed by atoms with Crippen molar-refractivity contribution >= 4 is 25.1 Å². The van der Waals surface area contributed by atoms with Gasteiger partial charge in [-0.05, 0) is 24.3 Å². The quantitative estimate of drug-likeness (QED) is 0.204. The molecule has 0 saturated carbocycles. The molecule has 0 atom stereocenters. The highest BCUT2D eigenvalue weighted by Crippen LogP contribution is 2.20. The smallest absolute Gasteiger partial charge is 0.485 e. The molecule has 13 heteroatoms.